The Labute approximate surface area is 221 Å². The monoisotopic (exact) mass is 513 g/mol. The first kappa shape index (κ1) is 24.2. The highest BCUT2D eigenvalue weighted by molar-refractivity contribution is 6.03. The maximum absolute atomic E-state index is 11.5. The lowest BCUT2D eigenvalue weighted by molar-refractivity contribution is -0.119. The minimum atomic E-state index is 0.118. The molecule has 1 saturated heterocycles. The summed E-state index contributed by atoms with van der Waals surface area (Å²) in [4.78, 5) is 15.0. The van der Waals surface area contributed by atoms with Crippen molar-refractivity contribution in [3.05, 3.63) is 60.3 Å². The predicted molar refractivity (Wildman–Crippen MR) is 146 cm³/mol. The normalized spacial score (nSPS) is 16.5. The summed E-state index contributed by atoms with van der Waals surface area (Å²) in [6, 6.07) is 16.6. The third-order valence-electron chi connectivity index (χ3n) is 7.27. The van der Waals surface area contributed by atoms with Crippen LogP contribution in [0.15, 0.2) is 54.7 Å². The van der Waals surface area contributed by atoms with Gasteiger partial charge in [0.25, 0.3) is 0 Å². The van der Waals surface area contributed by atoms with Crippen molar-refractivity contribution in [2.75, 3.05) is 34.0 Å². The van der Waals surface area contributed by atoms with E-state index >= 15 is 0 Å². The van der Waals surface area contributed by atoms with Gasteiger partial charge in [0.15, 0.2) is 11.5 Å². The number of carbonyl (C=O) groups is 1. The lowest BCUT2D eigenvalue weighted by Crippen LogP contribution is -2.35. The highest BCUT2D eigenvalue weighted by atomic mass is 16.6. The van der Waals surface area contributed by atoms with E-state index in [1.54, 1.807) is 14.2 Å². The van der Waals surface area contributed by atoms with Crippen molar-refractivity contribution in [2.45, 2.75) is 25.4 Å². The first-order chi connectivity index (χ1) is 18.6. The molecule has 0 radical (unpaired) electrons. The van der Waals surface area contributed by atoms with Gasteiger partial charge in [-0.3, -0.25) is 4.79 Å². The van der Waals surface area contributed by atoms with Gasteiger partial charge in [0.2, 0.25) is 5.91 Å². The second kappa shape index (κ2) is 10.3. The highest BCUT2D eigenvalue weighted by Gasteiger charge is 2.21. The number of nitrogens with one attached hydrogen (secondary N) is 3. The van der Waals surface area contributed by atoms with Crippen molar-refractivity contribution < 1.29 is 23.7 Å². The fourth-order valence-electron chi connectivity index (χ4n) is 5.36. The van der Waals surface area contributed by atoms with Crippen molar-refractivity contribution in [3.63, 3.8) is 0 Å². The molecule has 0 bridgehead atoms. The molecule has 3 N–H and O–H groups in total. The summed E-state index contributed by atoms with van der Waals surface area (Å²) in [6.07, 6.45) is 3.48. The summed E-state index contributed by atoms with van der Waals surface area (Å²) in [5.41, 5.74) is 6.19. The maximum Gasteiger partial charge on any atom is 0.220 e. The van der Waals surface area contributed by atoms with E-state index in [1.165, 1.54) is 0 Å². The first-order valence-electron chi connectivity index (χ1n) is 12.9. The fraction of sp³-hybridized carbons (Fsp3) is 0.300. The molecule has 0 aliphatic carbocycles. The molecule has 1 amide bonds. The summed E-state index contributed by atoms with van der Waals surface area (Å²) < 4.78 is 23.1. The third-order valence-corrected chi connectivity index (χ3v) is 7.27. The Bertz CT molecular complexity index is 1470. The van der Waals surface area contributed by atoms with Gasteiger partial charge in [-0.25, -0.2) is 0 Å². The summed E-state index contributed by atoms with van der Waals surface area (Å²) in [5.74, 6) is 3.17. The molecule has 196 valence electrons. The number of H-pyrrole nitrogens is 1. The van der Waals surface area contributed by atoms with Crippen LogP contribution in [0.3, 0.4) is 0 Å². The van der Waals surface area contributed by atoms with Crippen molar-refractivity contribution in [3.8, 4) is 45.3 Å². The second-order valence-electron chi connectivity index (χ2n) is 9.58. The Morgan fingerprint density at radius 1 is 0.947 bits per heavy atom. The summed E-state index contributed by atoms with van der Waals surface area (Å²) >= 11 is 0. The van der Waals surface area contributed by atoms with Crippen LogP contribution >= 0.6 is 0 Å². The second-order valence-corrected chi connectivity index (χ2v) is 9.58. The molecule has 1 aromatic heterocycles. The third kappa shape index (κ3) is 4.52. The average Bonchev–Trinajstić information content (AvgIpc) is 3.58. The number of rotatable bonds is 8. The average molecular weight is 514 g/mol. The van der Waals surface area contributed by atoms with Crippen LogP contribution in [-0.2, 0) is 11.3 Å². The maximum atomic E-state index is 11.5. The predicted octanol–water partition coefficient (Wildman–Crippen LogP) is 4.66. The van der Waals surface area contributed by atoms with Gasteiger partial charge in [-0.05, 0) is 41.8 Å². The Morgan fingerprint density at radius 2 is 1.74 bits per heavy atom. The van der Waals surface area contributed by atoms with Crippen LogP contribution < -0.4 is 29.6 Å². The molecule has 0 saturated carbocycles. The van der Waals surface area contributed by atoms with Crippen LogP contribution in [-0.4, -0.2) is 50.9 Å². The topological polar surface area (TPSA) is 93.8 Å². The van der Waals surface area contributed by atoms with Crippen molar-refractivity contribution in [1.82, 2.24) is 15.6 Å². The molecule has 0 spiro atoms. The number of hydrogen-bond donors (Lipinski definition) is 3. The zero-order valence-electron chi connectivity index (χ0n) is 21.6. The van der Waals surface area contributed by atoms with Crippen LogP contribution in [0.2, 0.25) is 0 Å². The number of fused-ring (bicyclic) bond motifs is 2. The smallest absolute Gasteiger partial charge is 0.220 e. The fourth-order valence-corrected chi connectivity index (χ4v) is 5.36. The molecule has 0 unspecified atom stereocenters. The van der Waals surface area contributed by atoms with Gasteiger partial charge in [0.1, 0.15) is 24.7 Å². The molecular weight excluding hydrogens is 482 g/mol. The van der Waals surface area contributed by atoms with Gasteiger partial charge in [-0.2, -0.15) is 0 Å². The van der Waals surface area contributed by atoms with Gasteiger partial charge >= 0.3 is 0 Å². The molecule has 2 aliphatic heterocycles. The Hall–Kier alpha value is -4.17. The minimum absolute atomic E-state index is 0.118. The van der Waals surface area contributed by atoms with Crippen molar-refractivity contribution >= 4 is 16.8 Å². The molecule has 4 aromatic rings. The van der Waals surface area contributed by atoms with Gasteiger partial charge in [-0.15, -0.1) is 0 Å². The number of methoxy groups -OCH3 is 2. The zero-order valence-corrected chi connectivity index (χ0v) is 21.6. The number of carbonyl (C=O) groups excluding carboxylic acids is 1. The van der Waals surface area contributed by atoms with Crippen LogP contribution in [0.4, 0.5) is 0 Å². The Morgan fingerprint density at radius 3 is 2.47 bits per heavy atom. The number of hydrogen-bond acceptors (Lipinski definition) is 6. The number of aromatic nitrogens is 1. The van der Waals surface area contributed by atoms with Crippen LogP contribution in [0, 0.1) is 0 Å². The van der Waals surface area contributed by atoms with Gasteiger partial charge in [0, 0.05) is 53.8 Å². The van der Waals surface area contributed by atoms with Crippen LogP contribution in [0.1, 0.15) is 18.4 Å². The standard InChI is InChI=1S/C30H31N3O5/c1-35-26-13-19(14-27(36-2)24(26)16-31-15-20-7-9-29(34)33-20)23-17-32-30-21(4-3-5-22(23)30)18-6-8-25-28(12-18)38-11-10-37-25/h3-6,8,12-14,17,20,31-32H,7,9-11,15-16H2,1-2H3,(H,33,34)/t20-/m0/s1. The Balaban J connectivity index is 1.32. The Kier molecular flexibility index (Phi) is 6.55. The summed E-state index contributed by atoms with van der Waals surface area (Å²) in [6.45, 7) is 2.40. The minimum Gasteiger partial charge on any atom is -0.496 e. The molecular formula is C30H31N3O5. The quantitative estimate of drug-likeness (QED) is 0.317. The highest BCUT2D eigenvalue weighted by Crippen LogP contribution is 2.41. The first-order valence-corrected chi connectivity index (χ1v) is 12.9. The van der Waals surface area contributed by atoms with E-state index in [9.17, 15) is 4.79 Å². The van der Waals surface area contributed by atoms with Gasteiger partial charge in [0.05, 0.1) is 19.7 Å². The number of para-hydroxylation sites is 1. The lowest BCUT2D eigenvalue weighted by Gasteiger charge is -2.19. The van der Waals surface area contributed by atoms with E-state index < -0.39 is 0 Å². The van der Waals surface area contributed by atoms with Crippen molar-refractivity contribution in [1.29, 1.82) is 0 Å². The SMILES string of the molecule is COc1cc(-c2c[nH]c3c(-c4ccc5c(c4)OCCO5)cccc23)cc(OC)c1CNC[C@@H]1CCC(=O)N1. The summed E-state index contributed by atoms with van der Waals surface area (Å²) in [5, 5.41) is 7.54. The van der Waals surface area contributed by atoms with Crippen LogP contribution in [0.5, 0.6) is 23.0 Å². The van der Waals surface area contributed by atoms with E-state index in [0.29, 0.717) is 32.7 Å². The summed E-state index contributed by atoms with van der Waals surface area (Å²) in [7, 11) is 3.35. The number of amides is 1. The van der Waals surface area contributed by atoms with Crippen molar-refractivity contribution in [2.24, 2.45) is 0 Å². The molecule has 1 atom stereocenters. The van der Waals surface area contributed by atoms with Crippen LogP contribution in [0.25, 0.3) is 33.2 Å². The largest absolute Gasteiger partial charge is 0.496 e. The lowest BCUT2D eigenvalue weighted by atomic mass is 9.98. The molecule has 6 rings (SSSR count). The van der Waals surface area contributed by atoms with Gasteiger partial charge < -0.3 is 34.6 Å². The molecule has 1 fully saturated rings. The van der Waals surface area contributed by atoms with E-state index in [4.69, 9.17) is 18.9 Å². The number of benzene rings is 3. The van der Waals surface area contributed by atoms with E-state index in [2.05, 4.69) is 52.0 Å². The molecule has 8 heteroatoms. The number of ether oxygens (including phenoxy) is 4. The van der Waals surface area contributed by atoms with E-state index in [1.807, 2.05) is 18.3 Å². The molecule has 3 aromatic carbocycles. The van der Waals surface area contributed by atoms with Gasteiger partial charge in [-0.1, -0.05) is 24.3 Å². The molecule has 3 heterocycles. The van der Waals surface area contributed by atoms with E-state index in [0.717, 1.165) is 68.1 Å². The zero-order chi connectivity index (χ0) is 26.1. The molecule has 8 nitrogen and oxygen atoms in total. The molecule has 2 aliphatic rings. The number of aromatic amines is 1. The molecule has 38 heavy (non-hydrogen) atoms. The van der Waals surface area contributed by atoms with E-state index in [-0.39, 0.29) is 11.9 Å².